The van der Waals surface area contributed by atoms with E-state index in [-0.39, 0.29) is 11.9 Å². The van der Waals surface area contributed by atoms with Crippen LogP contribution in [0.2, 0.25) is 0 Å². The van der Waals surface area contributed by atoms with Crippen LogP contribution in [-0.4, -0.2) is 42.4 Å². The summed E-state index contributed by atoms with van der Waals surface area (Å²) in [5.74, 6) is 0.106. The second kappa shape index (κ2) is 6.47. The van der Waals surface area contributed by atoms with Gasteiger partial charge >= 0.3 is 0 Å². The third-order valence-corrected chi connectivity index (χ3v) is 4.54. The van der Waals surface area contributed by atoms with Crippen molar-refractivity contribution in [2.24, 2.45) is 0 Å². The van der Waals surface area contributed by atoms with E-state index >= 15 is 0 Å². The van der Waals surface area contributed by atoms with Gasteiger partial charge in [0.1, 0.15) is 11.1 Å². The predicted octanol–water partition coefficient (Wildman–Crippen LogP) is 2.57. The van der Waals surface area contributed by atoms with Crippen LogP contribution in [0.4, 0.5) is 0 Å². The summed E-state index contributed by atoms with van der Waals surface area (Å²) in [4.78, 5) is 19.0. The molecule has 5 heteroatoms. The molecule has 2 heterocycles. The number of Topliss-reactive ketones (excluding diaryl/α,β-unsaturated/α-hetero) is 1. The SMILES string of the molecule is CN1CCOC(c2nc(CC(=O)c3ccccc3)cs2)C1. The molecule has 0 bridgehead atoms. The number of rotatable bonds is 4. The van der Waals surface area contributed by atoms with Gasteiger partial charge in [0.2, 0.25) is 0 Å². The summed E-state index contributed by atoms with van der Waals surface area (Å²) in [7, 11) is 2.09. The van der Waals surface area contributed by atoms with Crippen molar-refractivity contribution in [2.45, 2.75) is 12.5 Å². The number of thiazole rings is 1. The standard InChI is InChI=1S/C16H18N2O2S/c1-18-7-8-20-15(10-18)16-17-13(11-21-16)9-14(19)12-5-3-2-4-6-12/h2-6,11,15H,7-10H2,1H3. The molecule has 0 aliphatic carbocycles. The highest BCUT2D eigenvalue weighted by Gasteiger charge is 2.22. The van der Waals surface area contributed by atoms with Gasteiger partial charge in [0.05, 0.1) is 18.7 Å². The van der Waals surface area contributed by atoms with Crippen molar-refractivity contribution in [3.63, 3.8) is 0 Å². The van der Waals surface area contributed by atoms with Gasteiger partial charge in [-0.2, -0.15) is 0 Å². The maximum absolute atomic E-state index is 12.2. The van der Waals surface area contributed by atoms with E-state index in [9.17, 15) is 4.79 Å². The van der Waals surface area contributed by atoms with E-state index < -0.39 is 0 Å². The molecule has 3 rings (SSSR count). The van der Waals surface area contributed by atoms with Crippen molar-refractivity contribution in [3.05, 3.63) is 52.0 Å². The zero-order chi connectivity index (χ0) is 14.7. The Morgan fingerprint density at radius 1 is 1.43 bits per heavy atom. The number of hydrogen-bond donors (Lipinski definition) is 0. The van der Waals surface area contributed by atoms with E-state index in [1.165, 1.54) is 0 Å². The molecule has 2 aromatic rings. The maximum Gasteiger partial charge on any atom is 0.168 e. The van der Waals surface area contributed by atoms with Crippen LogP contribution in [0.3, 0.4) is 0 Å². The smallest absolute Gasteiger partial charge is 0.168 e. The number of carbonyl (C=O) groups is 1. The molecular weight excluding hydrogens is 284 g/mol. The Kier molecular flexibility index (Phi) is 4.43. The fraction of sp³-hybridized carbons (Fsp3) is 0.375. The Hall–Kier alpha value is -1.56. The Labute approximate surface area is 128 Å². The van der Waals surface area contributed by atoms with Gasteiger partial charge in [0, 0.05) is 24.0 Å². The van der Waals surface area contributed by atoms with Gasteiger partial charge in [0.25, 0.3) is 0 Å². The summed E-state index contributed by atoms with van der Waals surface area (Å²) in [6.45, 7) is 2.56. The molecule has 0 radical (unpaired) electrons. The summed E-state index contributed by atoms with van der Waals surface area (Å²) >= 11 is 1.58. The molecule has 1 unspecified atom stereocenters. The van der Waals surface area contributed by atoms with Crippen LogP contribution in [0.25, 0.3) is 0 Å². The predicted molar refractivity (Wildman–Crippen MR) is 82.8 cm³/mol. The number of carbonyl (C=O) groups excluding carboxylic acids is 1. The average molecular weight is 302 g/mol. The van der Waals surface area contributed by atoms with Crippen molar-refractivity contribution < 1.29 is 9.53 Å². The lowest BCUT2D eigenvalue weighted by atomic mass is 10.1. The Balaban J connectivity index is 1.66. The lowest BCUT2D eigenvalue weighted by Crippen LogP contribution is -2.35. The Morgan fingerprint density at radius 3 is 3.00 bits per heavy atom. The lowest BCUT2D eigenvalue weighted by Gasteiger charge is -2.28. The van der Waals surface area contributed by atoms with Gasteiger partial charge in [-0.05, 0) is 7.05 Å². The van der Waals surface area contributed by atoms with Gasteiger partial charge < -0.3 is 9.64 Å². The van der Waals surface area contributed by atoms with Crippen molar-refractivity contribution in [1.29, 1.82) is 0 Å². The summed E-state index contributed by atoms with van der Waals surface area (Å²) in [5.41, 5.74) is 1.57. The number of benzene rings is 1. The second-order valence-corrected chi connectivity index (χ2v) is 6.15. The monoisotopic (exact) mass is 302 g/mol. The number of hydrogen-bond acceptors (Lipinski definition) is 5. The molecule has 1 atom stereocenters. The fourth-order valence-electron chi connectivity index (χ4n) is 2.37. The molecule has 21 heavy (non-hydrogen) atoms. The molecule has 0 spiro atoms. The van der Waals surface area contributed by atoms with Gasteiger partial charge in [0.15, 0.2) is 5.78 Å². The summed E-state index contributed by atoms with van der Waals surface area (Å²) in [6, 6.07) is 9.36. The first-order chi connectivity index (χ1) is 10.2. The zero-order valence-electron chi connectivity index (χ0n) is 12.0. The van der Waals surface area contributed by atoms with Gasteiger partial charge in [-0.15, -0.1) is 11.3 Å². The highest BCUT2D eigenvalue weighted by atomic mass is 32.1. The van der Waals surface area contributed by atoms with E-state index in [0.717, 1.165) is 36.0 Å². The Bertz CT molecular complexity index is 612. The summed E-state index contributed by atoms with van der Waals surface area (Å²) in [6.07, 6.45) is 0.387. The average Bonchev–Trinajstić information content (AvgIpc) is 2.97. The molecule has 1 aliphatic heterocycles. The molecule has 1 aliphatic rings. The highest BCUT2D eigenvalue weighted by Crippen LogP contribution is 2.25. The molecule has 1 aromatic carbocycles. The number of aromatic nitrogens is 1. The molecule has 0 saturated carbocycles. The van der Waals surface area contributed by atoms with Crippen molar-refractivity contribution in [3.8, 4) is 0 Å². The van der Waals surface area contributed by atoms with Crippen LogP contribution in [0, 0.1) is 0 Å². The number of morpholine rings is 1. The van der Waals surface area contributed by atoms with E-state index in [4.69, 9.17) is 4.74 Å². The minimum atomic E-state index is 0.0364. The maximum atomic E-state index is 12.2. The Morgan fingerprint density at radius 2 is 2.24 bits per heavy atom. The zero-order valence-corrected chi connectivity index (χ0v) is 12.8. The number of likely N-dealkylation sites (N-methyl/N-ethyl adjacent to an activating group) is 1. The van der Waals surface area contributed by atoms with E-state index in [0.29, 0.717) is 6.42 Å². The van der Waals surface area contributed by atoms with Crippen molar-refractivity contribution in [2.75, 3.05) is 26.7 Å². The van der Waals surface area contributed by atoms with Crippen LogP contribution in [0.15, 0.2) is 35.7 Å². The van der Waals surface area contributed by atoms with E-state index in [1.807, 2.05) is 35.7 Å². The number of nitrogens with zero attached hydrogens (tertiary/aromatic N) is 2. The third-order valence-electron chi connectivity index (χ3n) is 3.55. The first kappa shape index (κ1) is 14.4. The van der Waals surface area contributed by atoms with Crippen molar-refractivity contribution in [1.82, 2.24) is 9.88 Å². The van der Waals surface area contributed by atoms with Crippen LogP contribution < -0.4 is 0 Å². The molecule has 1 saturated heterocycles. The molecule has 4 nitrogen and oxygen atoms in total. The van der Waals surface area contributed by atoms with Crippen LogP contribution in [0.1, 0.15) is 27.2 Å². The van der Waals surface area contributed by atoms with Crippen LogP contribution in [0.5, 0.6) is 0 Å². The summed E-state index contributed by atoms with van der Waals surface area (Å²) < 4.78 is 5.76. The van der Waals surface area contributed by atoms with Gasteiger partial charge in [-0.25, -0.2) is 4.98 Å². The normalized spacial score (nSPS) is 19.6. The van der Waals surface area contributed by atoms with E-state index in [1.54, 1.807) is 11.3 Å². The second-order valence-electron chi connectivity index (χ2n) is 5.26. The van der Waals surface area contributed by atoms with Crippen LogP contribution in [-0.2, 0) is 11.2 Å². The quantitative estimate of drug-likeness (QED) is 0.814. The number of ether oxygens (including phenoxy) is 1. The first-order valence-electron chi connectivity index (χ1n) is 7.05. The molecule has 0 N–H and O–H groups in total. The van der Waals surface area contributed by atoms with Gasteiger partial charge in [-0.3, -0.25) is 4.79 Å². The molecule has 1 fully saturated rings. The van der Waals surface area contributed by atoms with Crippen LogP contribution >= 0.6 is 11.3 Å². The molecule has 0 amide bonds. The fourth-order valence-corrected chi connectivity index (χ4v) is 3.23. The van der Waals surface area contributed by atoms with Gasteiger partial charge in [-0.1, -0.05) is 30.3 Å². The topological polar surface area (TPSA) is 42.4 Å². The van der Waals surface area contributed by atoms with E-state index in [2.05, 4.69) is 16.9 Å². The van der Waals surface area contributed by atoms with Crippen molar-refractivity contribution >= 4 is 17.1 Å². The number of ketones is 1. The molecule has 1 aromatic heterocycles. The first-order valence-corrected chi connectivity index (χ1v) is 7.93. The third kappa shape index (κ3) is 3.56. The summed E-state index contributed by atoms with van der Waals surface area (Å²) in [5, 5.41) is 2.94. The minimum Gasteiger partial charge on any atom is -0.368 e. The lowest BCUT2D eigenvalue weighted by molar-refractivity contribution is -0.0210. The molecular formula is C16H18N2O2S. The molecule has 110 valence electrons. The minimum absolute atomic E-state index is 0.0364. The highest BCUT2D eigenvalue weighted by molar-refractivity contribution is 7.09. The largest absolute Gasteiger partial charge is 0.368 e.